The Bertz CT molecular complexity index is 1480. The maximum Gasteiger partial charge on any atom is 0.416 e. The maximum absolute atomic E-state index is 13.3. The first-order valence-corrected chi connectivity index (χ1v) is 14.7. The van der Waals surface area contributed by atoms with E-state index in [2.05, 4.69) is 15.5 Å². The average molecular weight is 610 g/mol. The van der Waals surface area contributed by atoms with E-state index in [1.54, 1.807) is 32.9 Å². The zero-order valence-electron chi connectivity index (χ0n) is 25.4. The number of halogens is 3. The monoisotopic (exact) mass is 609 g/mol. The van der Waals surface area contributed by atoms with Gasteiger partial charge in [0.15, 0.2) is 0 Å². The van der Waals surface area contributed by atoms with Crippen LogP contribution in [0.25, 0.3) is 11.1 Å². The van der Waals surface area contributed by atoms with Crippen molar-refractivity contribution in [1.82, 2.24) is 5.32 Å². The van der Waals surface area contributed by atoms with Crippen molar-refractivity contribution in [2.45, 2.75) is 58.7 Å². The molecule has 1 heterocycles. The Balaban J connectivity index is 1.34. The molecule has 3 aromatic carbocycles. The number of hydrogen-bond acceptors (Lipinski definition) is 5. The van der Waals surface area contributed by atoms with Gasteiger partial charge in [-0.3, -0.25) is 9.59 Å². The summed E-state index contributed by atoms with van der Waals surface area (Å²) >= 11 is 0. The van der Waals surface area contributed by atoms with Gasteiger partial charge in [-0.25, -0.2) is 4.79 Å². The van der Waals surface area contributed by atoms with E-state index in [1.807, 2.05) is 37.3 Å². The van der Waals surface area contributed by atoms with Gasteiger partial charge < -0.3 is 20.3 Å². The molecule has 4 rings (SSSR count). The number of rotatable bonds is 9. The maximum atomic E-state index is 13.3. The van der Waals surface area contributed by atoms with Crippen molar-refractivity contribution in [3.8, 4) is 11.1 Å². The molecule has 2 N–H and O–H groups in total. The third kappa shape index (κ3) is 7.98. The van der Waals surface area contributed by atoms with Gasteiger partial charge in [0, 0.05) is 36.4 Å². The molecule has 44 heavy (non-hydrogen) atoms. The molecule has 2 amide bonds. The van der Waals surface area contributed by atoms with E-state index in [9.17, 15) is 27.6 Å². The highest BCUT2D eigenvalue weighted by Crippen LogP contribution is 2.34. The van der Waals surface area contributed by atoms with Crippen molar-refractivity contribution >= 4 is 29.2 Å². The van der Waals surface area contributed by atoms with Crippen LogP contribution in [0.2, 0.25) is 0 Å². The van der Waals surface area contributed by atoms with Gasteiger partial charge in [-0.1, -0.05) is 24.3 Å². The Labute approximate surface area is 255 Å². The van der Waals surface area contributed by atoms with Crippen LogP contribution in [0.5, 0.6) is 0 Å². The summed E-state index contributed by atoms with van der Waals surface area (Å²) in [5.41, 5.74) is 2.02. The number of hydrogen-bond donors (Lipinski definition) is 2. The van der Waals surface area contributed by atoms with E-state index in [-0.39, 0.29) is 24.3 Å². The summed E-state index contributed by atoms with van der Waals surface area (Å²) in [5, 5.41) is 5.69. The van der Waals surface area contributed by atoms with Crippen molar-refractivity contribution in [3.63, 3.8) is 0 Å². The molecule has 7 nitrogen and oxygen atoms in total. The van der Waals surface area contributed by atoms with Gasteiger partial charge in [-0.2, -0.15) is 13.2 Å². The van der Waals surface area contributed by atoms with E-state index < -0.39 is 23.2 Å². The van der Waals surface area contributed by atoms with E-state index in [1.165, 1.54) is 12.1 Å². The molecule has 0 aromatic heterocycles. The van der Waals surface area contributed by atoms with Crippen molar-refractivity contribution in [2.75, 3.05) is 29.9 Å². The quantitative estimate of drug-likeness (QED) is 0.255. The molecular formula is C34H38F3N3O4. The summed E-state index contributed by atoms with van der Waals surface area (Å²) < 4.78 is 44.2. The number of aryl methyl sites for hydroxylation is 1. The molecule has 0 aliphatic carbocycles. The van der Waals surface area contributed by atoms with Gasteiger partial charge in [-0.15, -0.1) is 0 Å². The average Bonchev–Trinajstić information content (AvgIpc) is 2.97. The normalized spacial score (nSPS) is 14.2. The van der Waals surface area contributed by atoms with Crippen molar-refractivity contribution < 1.29 is 32.3 Å². The summed E-state index contributed by atoms with van der Waals surface area (Å²) in [6.07, 6.45) is -2.44. The van der Waals surface area contributed by atoms with Crippen LogP contribution in [0.15, 0.2) is 66.7 Å². The second kappa shape index (κ2) is 13.5. The Morgan fingerprint density at radius 1 is 0.932 bits per heavy atom. The fourth-order valence-electron chi connectivity index (χ4n) is 5.44. The number of amides is 2. The van der Waals surface area contributed by atoms with E-state index in [0.29, 0.717) is 28.8 Å². The van der Waals surface area contributed by atoms with Crippen LogP contribution in [0.4, 0.5) is 24.5 Å². The lowest BCUT2D eigenvalue weighted by atomic mass is 9.92. The lowest BCUT2D eigenvalue weighted by Gasteiger charge is -2.34. The third-order valence-electron chi connectivity index (χ3n) is 7.83. The standard InChI is InChI=1S/C34H38F3N3O4/c1-5-44-32(43)33(3,4)39-29(41)21-23-17-19-40(20-18-23)27-15-13-26(14-16-27)38-31(42)28-8-6-7-22(2)30(28)24-9-11-25(12-10-24)34(35,36)37/h6-16,23H,5,17-21H2,1-4H3,(H,38,42)(H,39,41). The second-order valence-corrected chi connectivity index (χ2v) is 11.6. The number of benzene rings is 3. The fourth-order valence-corrected chi connectivity index (χ4v) is 5.44. The number of alkyl halides is 3. The molecule has 0 radical (unpaired) electrons. The highest BCUT2D eigenvalue weighted by atomic mass is 19.4. The number of esters is 1. The molecule has 0 spiro atoms. The number of ether oxygens (including phenoxy) is 1. The van der Waals surface area contributed by atoms with Gasteiger partial charge >= 0.3 is 12.1 Å². The second-order valence-electron chi connectivity index (χ2n) is 11.6. The Morgan fingerprint density at radius 3 is 2.16 bits per heavy atom. The number of anilines is 2. The largest absolute Gasteiger partial charge is 0.464 e. The predicted molar refractivity (Wildman–Crippen MR) is 164 cm³/mol. The smallest absolute Gasteiger partial charge is 0.416 e. The Hall–Kier alpha value is -4.34. The topological polar surface area (TPSA) is 87.7 Å². The van der Waals surface area contributed by atoms with Crippen LogP contribution in [-0.2, 0) is 20.5 Å². The molecule has 234 valence electrons. The minimum atomic E-state index is -4.44. The molecule has 1 aliphatic heterocycles. The molecule has 3 aromatic rings. The number of carbonyl (C=O) groups excluding carboxylic acids is 3. The van der Waals surface area contributed by atoms with Gasteiger partial charge in [0.25, 0.3) is 5.91 Å². The van der Waals surface area contributed by atoms with Gasteiger partial charge in [0.1, 0.15) is 5.54 Å². The Kier molecular flexibility index (Phi) is 10.0. The Morgan fingerprint density at radius 2 is 1.57 bits per heavy atom. The van der Waals surface area contributed by atoms with Crippen LogP contribution >= 0.6 is 0 Å². The third-order valence-corrected chi connectivity index (χ3v) is 7.83. The summed E-state index contributed by atoms with van der Waals surface area (Å²) in [5.74, 6) is -0.782. The molecule has 0 atom stereocenters. The SMILES string of the molecule is CCOC(=O)C(C)(C)NC(=O)CC1CCN(c2ccc(NC(=O)c3cccc(C)c3-c3ccc(C(F)(F)F)cc3)cc2)CC1. The van der Waals surface area contributed by atoms with Crippen LogP contribution in [0, 0.1) is 12.8 Å². The van der Waals surface area contributed by atoms with E-state index in [0.717, 1.165) is 49.3 Å². The number of nitrogens with one attached hydrogen (secondary N) is 2. The summed E-state index contributed by atoms with van der Waals surface area (Å²) in [6, 6.07) is 17.5. The lowest BCUT2D eigenvalue weighted by molar-refractivity contribution is -0.151. The molecule has 1 aliphatic rings. The van der Waals surface area contributed by atoms with E-state index in [4.69, 9.17) is 4.74 Å². The first kappa shape index (κ1) is 32.6. The number of nitrogens with zero attached hydrogens (tertiary/aromatic N) is 1. The lowest BCUT2D eigenvalue weighted by Crippen LogP contribution is -2.51. The highest BCUT2D eigenvalue weighted by Gasteiger charge is 2.32. The van der Waals surface area contributed by atoms with Crippen LogP contribution in [0.3, 0.4) is 0 Å². The first-order chi connectivity index (χ1) is 20.8. The van der Waals surface area contributed by atoms with Crippen LogP contribution in [-0.4, -0.2) is 43.0 Å². The van der Waals surface area contributed by atoms with Crippen molar-refractivity contribution in [1.29, 1.82) is 0 Å². The minimum Gasteiger partial charge on any atom is -0.464 e. The fraction of sp³-hybridized carbons (Fsp3) is 0.382. The van der Waals surface area contributed by atoms with Crippen LogP contribution < -0.4 is 15.5 Å². The molecule has 1 saturated heterocycles. The number of carbonyl (C=O) groups is 3. The van der Waals surface area contributed by atoms with Crippen molar-refractivity contribution in [3.05, 3.63) is 83.4 Å². The van der Waals surface area contributed by atoms with Gasteiger partial charge in [0.05, 0.1) is 12.2 Å². The zero-order chi connectivity index (χ0) is 32.1. The van der Waals surface area contributed by atoms with Gasteiger partial charge in [0.2, 0.25) is 5.91 Å². The summed E-state index contributed by atoms with van der Waals surface area (Å²) in [4.78, 5) is 40.2. The van der Waals surface area contributed by atoms with E-state index >= 15 is 0 Å². The number of piperidine rings is 1. The van der Waals surface area contributed by atoms with Crippen LogP contribution in [0.1, 0.15) is 61.5 Å². The zero-order valence-corrected chi connectivity index (χ0v) is 25.4. The highest BCUT2D eigenvalue weighted by molar-refractivity contribution is 6.09. The van der Waals surface area contributed by atoms with Gasteiger partial charge in [-0.05, 0) is 106 Å². The van der Waals surface area contributed by atoms with Crippen molar-refractivity contribution in [2.24, 2.45) is 5.92 Å². The first-order valence-electron chi connectivity index (χ1n) is 14.7. The molecule has 0 saturated carbocycles. The molecule has 10 heteroatoms. The molecule has 0 bridgehead atoms. The molecular weight excluding hydrogens is 571 g/mol. The predicted octanol–water partition coefficient (Wildman–Crippen LogP) is 7.00. The molecule has 1 fully saturated rings. The molecule has 0 unspecified atom stereocenters. The summed E-state index contributed by atoms with van der Waals surface area (Å²) in [7, 11) is 0. The minimum absolute atomic E-state index is 0.170. The summed E-state index contributed by atoms with van der Waals surface area (Å²) in [6.45, 7) is 8.61.